The van der Waals surface area contributed by atoms with Crippen molar-refractivity contribution in [3.63, 3.8) is 0 Å². The number of rotatable bonds is 8. The number of anilines is 1. The fourth-order valence-electron chi connectivity index (χ4n) is 3.49. The van der Waals surface area contributed by atoms with Crippen LogP contribution in [0.15, 0.2) is 47.6 Å². The van der Waals surface area contributed by atoms with Gasteiger partial charge in [0.05, 0.1) is 22.4 Å². The summed E-state index contributed by atoms with van der Waals surface area (Å²) in [7, 11) is 1.83. The van der Waals surface area contributed by atoms with E-state index in [2.05, 4.69) is 26.9 Å². The molecule has 0 unspecified atom stereocenters. The van der Waals surface area contributed by atoms with Crippen molar-refractivity contribution in [1.29, 1.82) is 0 Å². The molecule has 2 N–H and O–H groups in total. The summed E-state index contributed by atoms with van der Waals surface area (Å²) >= 11 is 7.47. The van der Waals surface area contributed by atoms with Crippen LogP contribution in [0.2, 0.25) is 5.02 Å². The summed E-state index contributed by atoms with van der Waals surface area (Å²) in [5.41, 5.74) is 3.37. The van der Waals surface area contributed by atoms with Crippen molar-refractivity contribution in [2.45, 2.75) is 38.9 Å². The standard InChI is InChI=1S/C24H28ClN5O2S/c1-14(2)21(27-23(32)18-8-6-7-9-19(18)25)22-28-29-24(30(22)5)33-13-20(31)26-17-11-15(3)10-16(4)12-17/h6-12,14,21H,13H2,1-5H3,(H,26,31)(H,27,32)/t21-/m0/s1. The normalized spacial score (nSPS) is 12.0. The molecular formula is C24H28ClN5O2S. The van der Waals surface area contributed by atoms with Gasteiger partial charge in [-0.1, -0.05) is 55.4 Å². The number of benzene rings is 2. The topological polar surface area (TPSA) is 88.9 Å². The monoisotopic (exact) mass is 485 g/mol. The SMILES string of the molecule is Cc1cc(C)cc(NC(=O)CSc2nnc([C@@H](NC(=O)c3ccccc3Cl)C(C)C)n2C)c1. The Kier molecular flexibility index (Phi) is 8.15. The van der Waals surface area contributed by atoms with Gasteiger partial charge in [0.2, 0.25) is 5.91 Å². The number of aryl methyl sites for hydroxylation is 2. The number of hydrogen-bond acceptors (Lipinski definition) is 5. The van der Waals surface area contributed by atoms with Gasteiger partial charge in [-0.25, -0.2) is 0 Å². The van der Waals surface area contributed by atoms with E-state index in [0.29, 0.717) is 21.6 Å². The van der Waals surface area contributed by atoms with E-state index >= 15 is 0 Å². The molecule has 0 aliphatic rings. The van der Waals surface area contributed by atoms with Gasteiger partial charge in [0.15, 0.2) is 11.0 Å². The van der Waals surface area contributed by atoms with Gasteiger partial charge in [0.1, 0.15) is 0 Å². The molecule has 1 atom stereocenters. The first-order valence-corrected chi connectivity index (χ1v) is 12.0. The van der Waals surface area contributed by atoms with Gasteiger partial charge in [-0.3, -0.25) is 9.59 Å². The fraction of sp³-hybridized carbons (Fsp3) is 0.333. The number of nitrogens with zero attached hydrogens (tertiary/aromatic N) is 3. The Bertz CT molecular complexity index is 1140. The first-order chi connectivity index (χ1) is 15.7. The van der Waals surface area contributed by atoms with Crippen molar-refractivity contribution in [2.75, 3.05) is 11.1 Å². The van der Waals surface area contributed by atoms with Gasteiger partial charge >= 0.3 is 0 Å². The highest BCUT2D eigenvalue weighted by molar-refractivity contribution is 7.99. The Balaban J connectivity index is 1.68. The van der Waals surface area contributed by atoms with E-state index in [1.165, 1.54) is 11.8 Å². The number of thioether (sulfide) groups is 1. The minimum Gasteiger partial charge on any atom is -0.342 e. The highest BCUT2D eigenvalue weighted by Crippen LogP contribution is 2.25. The van der Waals surface area contributed by atoms with E-state index in [0.717, 1.165) is 16.8 Å². The largest absolute Gasteiger partial charge is 0.342 e. The van der Waals surface area contributed by atoms with Crippen molar-refractivity contribution in [1.82, 2.24) is 20.1 Å². The van der Waals surface area contributed by atoms with Crippen LogP contribution in [0.25, 0.3) is 0 Å². The van der Waals surface area contributed by atoms with Crippen molar-refractivity contribution in [3.05, 3.63) is 70.0 Å². The summed E-state index contributed by atoms with van der Waals surface area (Å²) < 4.78 is 1.81. The molecule has 174 valence electrons. The Morgan fingerprint density at radius 3 is 2.39 bits per heavy atom. The van der Waals surface area contributed by atoms with Gasteiger partial charge in [-0.15, -0.1) is 10.2 Å². The first kappa shape index (κ1) is 24.8. The zero-order chi connectivity index (χ0) is 24.1. The van der Waals surface area contributed by atoms with Crippen LogP contribution >= 0.6 is 23.4 Å². The lowest BCUT2D eigenvalue weighted by Crippen LogP contribution is -2.33. The van der Waals surface area contributed by atoms with Gasteiger partial charge in [0.25, 0.3) is 5.91 Å². The summed E-state index contributed by atoms with van der Waals surface area (Å²) in [6.07, 6.45) is 0. The average Bonchev–Trinajstić information content (AvgIpc) is 3.09. The number of carbonyl (C=O) groups is 2. The number of aromatic nitrogens is 3. The van der Waals surface area contributed by atoms with Crippen molar-refractivity contribution in [3.8, 4) is 0 Å². The van der Waals surface area contributed by atoms with Crippen LogP contribution < -0.4 is 10.6 Å². The molecule has 0 fully saturated rings. The van der Waals surface area contributed by atoms with Crippen LogP contribution in [0.3, 0.4) is 0 Å². The predicted octanol–water partition coefficient (Wildman–Crippen LogP) is 4.94. The first-order valence-electron chi connectivity index (χ1n) is 10.6. The molecule has 2 aromatic carbocycles. The lowest BCUT2D eigenvalue weighted by Gasteiger charge is -2.22. The second-order valence-corrected chi connectivity index (χ2v) is 9.64. The number of amides is 2. The van der Waals surface area contributed by atoms with E-state index in [4.69, 9.17) is 11.6 Å². The van der Waals surface area contributed by atoms with Gasteiger partial charge < -0.3 is 15.2 Å². The minimum absolute atomic E-state index is 0.0602. The molecule has 1 aromatic heterocycles. The summed E-state index contributed by atoms with van der Waals surface area (Å²) in [5.74, 6) is 0.469. The number of hydrogen-bond donors (Lipinski definition) is 2. The van der Waals surface area contributed by atoms with Crippen LogP contribution in [0.4, 0.5) is 5.69 Å². The predicted molar refractivity (Wildman–Crippen MR) is 133 cm³/mol. The third-order valence-corrected chi connectivity index (χ3v) is 6.41. The molecule has 2 amide bonds. The molecule has 3 aromatic rings. The molecule has 0 bridgehead atoms. The van der Waals surface area contributed by atoms with E-state index in [9.17, 15) is 9.59 Å². The molecule has 0 spiro atoms. The van der Waals surface area contributed by atoms with Gasteiger partial charge in [-0.2, -0.15) is 0 Å². The summed E-state index contributed by atoms with van der Waals surface area (Å²) in [6.45, 7) is 7.98. The molecule has 0 aliphatic heterocycles. The average molecular weight is 486 g/mol. The maximum atomic E-state index is 12.8. The quantitative estimate of drug-likeness (QED) is 0.441. The van der Waals surface area contributed by atoms with E-state index in [-0.39, 0.29) is 29.5 Å². The highest BCUT2D eigenvalue weighted by atomic mass is 35.5. The minimum atomic E-state index is -0.371. The molecule has 0 radical (unpaired) electrons. The van der Waals surface area contributed by atoms with E-state index < -0.39 is 0 Å². The highest BCUT2D eigenvalue weighted by Gasteiger charge is 2.26. The maximum absolute atomic E-state index is 12.8. The smallest absolute Gasteiger partial charge is 0.253 e. The molecule has 1 heterocycles. The second kappa shape index (κ2) is 10.9. The van der Waals surface area contributed by atoms with Crippen molar-refractivity contribution >= 4 is 40.9 Å². The van der Waals surface area contributed by atoms with E-state index in [1.54, 1.807) is 24.3 Å². The van der Waals surface area contributed by atoms with Crippen molar-refractivity contribution < 1.29 is 9.59 Å². The van der Waals surface area contributed by atoms with Crippen LogP contribution in [0.1, 0.15) is 47.2 Å². The van der Waals surface area contributed by atoms with Crippen LogP contribution in [-0.4, -0.2) is 32.3 Å². The molecule has 3 rings (SSSR count). The molecular weight excluding hydrogens is 458 g/mol. The van der Waals surface area contributed by atoms with Crippen LogP contribution in [0, 0.1) is 19.8 Å². The molecule has 9 heteroatoms. The van der Waals surface area contributed by atoms with Gasteiger partial charge in [-0.05, 0) is 55.2 Å². The molecule has 0 aliphatic carbocycles. The Hall–Kier alpha value is -2.84. The molecule has 0 saturated heterocycles. The fourth-order valence-corrected chi connectivity index (χ4v) is 4.43. The summed E-state index contributed by atoms with van der Waals surface area (Å²) in [5, 5.41) is 15.5. The Labute approximate surface area is 203 Å². The summed E-state index contributed by atoms with van der Waals surface area (Å²) in [4.78, 5) is 25.2. The van der Waals surface area contributed by atoms with E-state index in [1.807, 2.05) is 51.4 Å². The maximum Gasteiger partial charge on any atom is 0.253 e. The second-order valence-electron chi connectivity index (χ2n) is 8.29. The zero-order valence-corrected chi connectivity index (χ0v) is 20.9. The molecule has 7 nitrogen and oxygen atoms in total. The zero-order valence-electron chi connectivity index (χ0n) is 19.3. The van der Waals surface area contributed by atoms with Crippen LogP contribution in [-0.2, 0) is 11.8 Å². The Morgan fingerprint density at radius 1 is 1.09 bits per heavy atom. The third kappa shape index (κ3) is 6.36. The molecule has 0 saturated carbocycles. The van der Waals surface area contributed by atoms with Gasteiger partial charge in [0, 0.05) is 12.7 Å². The van der Waals surface area contributed by atoms with Crippen molar-refractivity contribution in [2.24, 2.45) is 13.0 Å². The lowest BCUT2D eigenvalue weighted by molar-refractivity contribution is -0.113. The Morgan fingerprint density at radius 2 is 1.76 bits per heavy atom. The third-order valence-electron chi connectivity index (χ3n) is 5.06. The lowest BCUT2D eigenvalue weighted by atomic mass is 10.0. The number of nitrogens with one attached hydrogen (secondary N) is 2. The van der Waals surface area contributed by atoms with Crippen LogP contribution in [0.5, 0.6) is 0 Å². The molecule has 33 heavy (non-hydrogen) atoms. The summed E-state index contributed by atoms with van der Waals surface area (Å²) in [6, 6.07) is 12.5. The number of halogens is 1. The number of carbonyl (C=O) groups excluding carboxylic acids is 2.